The lowest BCUT2D eigenvalue weighted by Crippen LogP contribution is -2.28. The van der Waals surface area contributed by atoms with Gasteiger partial charge in [-0.15, -0.1) is 0 Å². The SMILES string of the molecule is CCOCCN(CC)Cc1cccc(C(N)=S)c1F. The van der Waals surface area contributed by atoms with E-state index in [-0.39, 0.29) is 10.8 Å². The monoisotopic (exact) mass is 284 g/mol. The van der Waals surface area contributed by atoms with Crippen molar-refractivity contribution in [1.29, 1.82) is 0 Å². The second kappa shape index (κ2) is 8.19. The van der Waals surface area contributed by atoms with Gasteiger partial charge in [0.25, 0.3) is 0 Å². The molecule has 0 heterocycles. The fourth-order valence-corrected chi connectivity index (χ4v) is 1.98. The minimum absolute atomic E-state index is 0.0942. The Labute approximate surface area is 119 Å². The Morgan fingerprint density at radius 2 is 2.16 bits per heavy atom. The molecular weight excluding hydrogens is 263 g/mol. The first-order valence-corrected chi connectivity index (χ1v) is 6.88. The van der Waals surface area contributed by atoms with Crippen molar-refractivity contribution in [1.82, 2.24) is 4.90 Å². The molecule has 0 aliphatic heterocycles. The van der Waals surface area contributed by atoms with Crippen LogP contribution in [-0.4, -0.2) is 36.2 Å². The van der Waals surface area contributed by atoms with E-state index >= 15 is 0 Å². The number of rotatable bonds is 8. The van der Waals surface area contributed by atoms with Crippen LogP contribution < -0.4 is 5.73 Å². The van der Waals surface area contributed by atoms with Crippen LogP contribution in [0.15, 0.2) is 18.2 Å². The van der Waals surface area contributed by atoms with E-state index in [4.69, 9.17) is 22.7 Å². The average Bonchev–Trinajstić information content (AvgIpc) is 2.39. The number of thiocarbonyl (C=S) groups is 1. The maximum atomic E-state index is 14.2. The van der Waals surface area contributed by atoms with Crippen molar-refractivity contribution < 1.29 is 9.13 Å². The molecule has 0 saturated heterocycles. The highest BCUT2D eigenvalue weighted by Gasteiger charge is 2.12. The highest BCUT2D eigenvalue weighted by Crippen LogP contribution is 2.15. The fourth-order valence-electron chi connectivity index (χ4n) is 1.82. The lowest BCUT2D eigenvalue weighted by atomic mass is 10.1. The molecule has 1 aromatic carbocycles. The Morgan fingerprint density at radius 1 is 1.42 bits per heavy atom. The number of hydrogen-bond donors (Lipinski definition) is 1. The van der Waals surface area contributed by atoms with Crippen LogP contribution in [0.4, 0.5) is 4.39 Å². The van der Waals surface area contributed by atoms with Gasteiger partial charge >= 0.3 is 0 Å². The zero-order chi connectivity index (χ0) is 14.3. The fraction of sp³-hybridized carbons (Fsp3) is 0.500. The van der Waals surface area contributed by atoms with Crippen LogP contribution in [0.2, 0.25) is 0 Å². The summed E-state index contributed by atoms with van der Waals surface area (Å²) in [5.41, 5.74) is 6.43. The van der Waals surface area contributed by atoms with Gasteiger partial charge in [0.15, 0.2) is 0 Å². The molecule has 3 nitrogen and oxygen atoms in total. The second-order valence-corrected chi connectivity index (χ2v) is 4.65. The lowest BCUT2D eigenvalue weighted by molar-refractivity contribution is 0.112. The number of likely N-dealkylation sites (N-methyl/N-ethyl adjacent to an activating group) is 1. The number of nitrogens with two attached hydrogens (primary N) is 1. The number of benzene rings is 1. The Kier molecular flexibility index (Phi) is 6.91. The van der Waals surface area contributed by atoms with Crippen LogP contribution in [0.5, 0.6) is 0 Å². The molecule has 2 N–H and O–H groups in total. The van der Waals surface area contributed by atoms with Crippen molar-refractivity contribution >= 4 is 17.2 Å². The van der Waals surface area contributed by atoms with Crippen LogP contribution in [0.25, 0.3) is 0 Å². The maximum absolute atomic E-state index is 14.2. The third-order valence-corrected chi connectivity index (χ3v) is 3.16. The van der Waals surface area contributed by atoms with Gasteiger partial charge in [-0.1, -0.05) is 31.3 Å². The van der Waals surface area contributed by atoms with Gasteiger partial charge in [-0.2, -0.15) is 0 Å². The first-order chi connectivity index (χ1) is 9.10. The van der Waals surface area contributed by atoms with E-state index in [1.807, 2.05) is 13.8 Å². The Bertz CT molecular complexity index is 426. The molecule has 1 rings (SSSR count). The zero-order valence-electron chi connectivity index (χ0n) is 11.5. The Balaban J connectivity index is 2.74. The van der Waals surface area contributed by atoms with Crippen molar-refractivity contribution in [2.45, 2.75) is 20.4 Å². The van der Waals surface area contributed by atoms with Gasteiger partial charge in [0, 0.05) is 30.8 Å². The van der Waals surface area contributed by atoms with Crippen molar-refractivity contribution in [3.05, 3.63) is 35.1 Å². The molecule has 0 fully saturated rings. The van der Waals surface area contributed by atoms with Crippen molar-refractivity contribution in [3.63, 3.8) is 0 Å². The van der Waals surface area contributed by atoms with Crippen molar-refractivity contribution in [2.24, 2.45) is 5.73 Å². The minimum atomic E-state index is -0.315. The molecular formula is C14H21FN2OS. The van der Waals surface area contributed by atoms with Crippen molar-refractivity contribution in [3.8, 4) is 0 Å². The zero-order valence-corrected chi connectivity index (χ0v) is 12.3. The van der Waals surface area contributed by atoms with E-state index in [9.17, 15) is 4.39 Å². The Hall–Kier alpha value is -1.04. The molecule has 0 unspecified atom stereocenters. The van der Waals surface area contributed by atoms with Crippen LogP contribution in [0.3, 0.4) is 0 Å². The number of nitrogens with zero attached hydrogens (tertiary/aromatic N) is 1. The van der Waals surface area contributed by atoms with Gasteiger partial charge in [-0.05, 0) is 19.5 Å². The molecule has 1 aromatic rings. The summed E-state index contributed by atoms with van der Waals surface area (Å²) in [4.78, 5) is 2.22. The summed E-state index contributed by atoms with van der Waals surface area (Å²) in [7, 11) is 0. The van der Waals surface area contributed by atoms with E-state index in [0.717, 1.165) is 13.1 Å². The number of halogens is 1. The van der Waals surface area contributed by atoms with E-state index in [0.29, 0.717) is 30.9 Å². The van der Waals surface area contributed by atoms with Crippen LogP contribution in [0, 0.1) is 5.82 Å². The van der Waals surface area contributed by atoms with Gasteiger partial charge < -0.3 is 10.5 Å². The molecule has 0 bridgehead atoms. The first-order valence-electron chi connectivity index (χ1n) is 6.47. The van der Waals surface area contributed by atoms with Gasteiger partial charge in [0.2, 0.25) is 0 Å². The topological polar surface area (TPSA) is 38.5 Å². The molecule has 0 atom stereocenters. The summed E-state index contributed by atoms with van der Waals surface area (Å²) < 4.78 is 19.5. The maximum Gasteiger partial charge on any atom is 0.137 e. The smallest absolute Gasteiger partial charge is 0.137 e. The normalized spacial score (nSPS) is 10.9. The van der Waals surface area contributed by atoms with Crippen LogP contribution in [0.1, 0.15) is 25.0 Å². The Morgan fingerprint density at radius 3 is 2.74 bits per heavy atom. The van der Waals surface area contributed by atoms with Gasteiger partial charge in [0.1, 0.15) is 10.8 Å². The third-order valence-electron chi connectivity index (χ3n) is 2.94. The number of hydrogen-bond acceptors (Lipinski definition) is 3. The molecule has 0 amide bonds. The van der Waals surface area contributed by atoms with E-state index in [1.165, 1.54) is 0 Å². The van der Waals surface area contributed by atoms with Gasteiger partial charge in [0.05, 0.1) is 6.61 Å². The lowest BCUT2D eigenvalue weighted by Gasteiger charge is -2.21. The summed E-state index contributed by atoms with van der Waals surface area (Å²) in [5, 5.41) is 0. The molecule has 19 heavy (non-hydrogen) atoms. The summed E-state index contributed by atoms with van der Waals surface area (Å²) in [6.45, 7) is 7.50. The third kappa shape index (κ3) is 4.86. The highest BCUT2D eigenvalue weighted by atomic mass is 32.1. The van der Waals surface area contributed by atoms with E-state index in [1.54, 1.807) is 18.2 Å². The quantitative estimate of drug-likeness (QED) is 0.587. The van der Waals surface area contributed by atoms with Gasteiger partial charge in [-0.3, -0.25) is 4.90 Å². The molecule has 0 radical (unpaired) electrons. The molecule has 0 aliphatic carbocycles. The number of ether oxygens (including phenoxy) is 1. The molecule has 106 valence electrons. The van der Waals surface area contributed by atoms with Crippen LogP contribution in [-0.2, 0) is 11.3 Å². The van der Waals surface area contributed by atoms with Crippen molar-refractivity contribution in [2.75, 3.05) is 26.3 Å². The van der Waals surface area contributed by atoms with E-state index < -0.39 is 0 Å². The largest absolute Gasteiger partial charge is 0.389 e. The predicted octanol–water partition coefficient (Wildman–Crippen LogP) is 2.32. The first kappa shape index (κ1) is 16.0. The summed E-state index contributed by atoms with van der Waals surface area (Å²) in [5.74, 6) is -0.315. The van der Waals surface area contributed by atoms with Crippen LogP contribution >= 0.6 is 12.2 Å². The second-order valence-electron chi connectivity index (χ2n) is 4.21. The average molecular weight is 284 g/mol. The predicted molar refractivity (Wildman–Crippen MR) is 79.7 cm³/mol. The molecule has 0 spiro atoms. The molecule has 0 aromatic heterocycles. The highest BCUT2D eigenvalue weighted by molar-refractivity contribution is 7.80. The molecule has 0 aliphatic rings. The van der Waals surface area contributed by atoms with Gasteiger partial charge in [-0.25, -0.2) is 4.39 Å². The minimum Gasteiger partial charge on any atom is -0.389 e. The summed E-state index contributed by atoms with van der Waals surface area (Å²) in [6.07, 6.45) is 0. The summed E-state index contributed by atoms with van der Waals surface area (Å²) in [6, 6.07) is 5.15. The molecule has 5 heteroatoms. The summed E-state index contributed by atoms with van der Waals surface area (Å²) >= 11 is 4.84. The van der Waals surface area contributed by atoms with E-state index in [2.05, 4.69) is 4.90 Å². The standard InChI is InChI=1S/C14H21FN2OS/c1-3-17(8-9-18-4-2)10-11-6-5-7-12(13(11)15)14(16)19/h5-7H,3-4,8-10H2,1-2H3,(H2,16,19). The molecule has 0 saturated carbocycles.